The van der Waals surface area contributed by atoms with Gasteiger partial charge in [-0.05, 0) is 35.0 Å². The topological polar surface area (TPSA) is 78.9 Å². The van der Waals surface area contributed by atoms with E-state index in [2.05, 4.69) is 15.5 Å². The van der Waals surface area contributed by atoms with Crippen LogP contribution in [-0.4, -0.2) is 33.4 Å². The monoisotopic (exact) mass is 265 g/mol. The summed E-state index contributed by atoms with van der Waals surface area (Å²) >= 11 is 5.89. The number of halogens is 1. The zero-order valence-corrected chi connectivity index (χ0v) is 10.3. The Morgan fingerprint density at radius 1 is 1.44 bits per heavy atom. The smallest absolute Gasteiger partial charge is 0.184 e. The van der Waals surface area contributed by atoms with Crippen LogP contribution in [0.25, 0.3) is 11.4 Å². The van der Waals surface area contributed by atoms with Crippen molar-refractivity contribution in [1.29, 1.82) is 0 Å². The molecule has 1 atom stereocenters. The van der Waals surface area contributed by atoms with Crippen LogP contribution in [0.4, 0.5) is 5.69 Å². The molecule has 1 fully saturated rings. The largest absolute Gasteiger partial charge is 0.398 e. The lowest BCUT2D eigenvalue weighted by Crippen LogP contribution is -2.12. The summed E-state index contributed by atoms with van der Waals surface area (Å²) in [7, 11) is 0. The summed E-state index contributed by atoms with van der Waals surface area (Å²) in [5.41, 5.74) is 7.31. The van der Waals surface area contributed by atoms with Gasteiger partial charge in [-0.2, -0.15) is 0 Å². The predicted octanol–water partition coefficient (Wildman–Crippen LogP) is 1.54. The summed E-state index contributed by atoms with van der Waals surface area (Å²) in [6.07, 6.45) is 0.908. The molecule has 1 aromatic carbocycles. The van der Waals surface area contributed by atoms with Crippen LogP contribution in [0.3, 0.4) is 0 Å². The van der Waals surface area contributed by atoms with Crippen molar-refractivity contribution in [3.63, 3.8) is 0 Å². The molecule has 7 heteroatoms. The van der Waals surface area contributed by atoms with Gasteiger partial charge in [-0.1, -0.05) is 11.6 Å². The number of hydrogen-bond donors (Lipinski definition) is 1. The molecule has 0 amide bonds. The fourth-order valence-electron chi connectivity index (χ4n) is 2.07. The third-order valence-corrected chi connectivity index (χ3v) is 3.23. The van der Waals surface area contributed by atoms with E-state index in [1.165, 1.54) is 0 Å². The van der Waals surface area contributed by atoms with Crippen LogP contribution in [0, 0.1) is 0 Å². The molecule has 1 aliphatic rings. The number of hydrogen-bond acceptors (Lipinski definition) is 5. The van der Waals surface area contributed by atoms with Crippen LogP contribution in [-0.2, 0) is 4.74 Å². The molecule has 2 aromatic rings. The fraction of sp³-hybridized carbons (Fsp3) is 0.364. The van der Waals surface area contributed by atoms with Gasteiger partial charge < -0.3 is 10.5 Å². The highest BCUT2D eigenvalue weighted by molar-refractivity contribution is 6.31. The van der Waals surface area contributed by atoms with Crippen LogP contribution < -0.4 is 5.73 Å². The molecule has 1 aliphatic heterocycles. The standard InChI is InChI=1S/C11H12ClN5O/c12-7-1-2-9(10(13)5-7)11-14-15-16-17(11)8-3-4-18-6-8/h1-2,5,8H,3-4,6,13H2. The van der Waals surface area contributed by atoms with Crippen molar-refractivity contribution in [3.8, 4) is 11.4 Å². The average Bonchev–Trinajstić information content (AvgIpc) is 2.98. The number of tetrazole rings is 1. The third-order valence-electron chi connectivity index (χ3n) is 3.00. The molecule has 1 unspecified atom stereocenters. The van der Waals surface area contributed by atoms with Crippen LogP contribution >= 0.6 is 11.6 Å². The van der Waals surface area contributed by atoms with Gasteiger partial charge in [-0.3, -0.25) is 0 Å². The highest BCUT2D eigenvalue weighted by Gasteiger charge is 2.23. The number of aromatic nitrogens is 4. The number of ether oxygens (including phenoxy) is 1. The Kier molecular flexibility index (Phi) is 2.89. The lowest BCUT2D eigenvalue weighted by molar-refractivity contribution is 0.184. The number of anilines is 1. The van der Waals surface area contributed by atoms with Gasteiger partial charge >= 0.3 is 0 Å². The Hall–Kier alpha value is -1.66. The van der Waals surface area contributed by atoms with Gasteiger partial charge in [-0.25, -0.2) is 4.68 Å². The number of nitrogens with two attached hydrogens (primary N) is 1. The molecule has 2 heterocycles. The minimum Gasteiger partial charge on any atom is -0.398 e. The minimum absolute atomic E-state index is 0.171. The van der Waals surface area contributed by atoms with Crippen molar-refractivity contribution in [2.45, 2.75) is 12.5 Å². The fourth-order valence-corrected chi connectivity index (χ4v) is 2.25. The van der Waals surface area contributed by atoms with Crippen molar-refractivity contribution in [2.24, 2.45) is 0 Å². The van der Waals surface area contributed by atoms with Gasteiger partial charge in [0.05, 0.1) is 12.6 Å². The van der Waals surface area contributed by atoms with E-state index in [0.29, 0.717) is 23.1 Å². The van der Waals surface area contributed by atoms with E-state index in [4.69, 9.17) is 22.1 Å². The molecule has 2 N–H and O–H groups in total. The van der Waals surface area contributed by atoms with Crippen LogP contribution in [0.5, 0.6) is 0 Å². The van der Waals surface area contributed by atoms with E-state index in [-0.39, 0.29) is 6.04 Å². The van der Waals surface area contributed by atoms with Crippen LogP contribution in [0.1, 0.15) is 12.5 Å². The van der Waals surface area contributed by atoms with Gasteiger partial charge in [0.2, 0.25) is 0 Å². The molecule has 0 radical (unpaired) electrons. The third kappa shape index (κ3) is 1.93. The quantitative estimate of drug-likeness (QED) is 0.833. The maximum atomic E-state index is 5.96. The normalized spacial score (nSPS) is 19.3. The molecule has 6 nitrogen and oxygen atoms in total. The molecule has 3 rings (SSSR count). The summed E-state index contributed by atoms with van der Waals surface area (Å²) in [6, 6.07) is 5.47. The maximum absolute atomic E-state index is 5.96. The summed E-state index contributed by atoms with van der Waals surface area (Å²) in [6.45, 7) is 1.37. The number of nitrogen functional groups attached to an aromatic ring is 1. The second-order valence-corrected chi connectivity index (χ2v) is 4.63. The molecule has 0 aliphatic carbocycles. The van der Waals surface area contributed by atoms with Gasteiger partial charge in [-0.15, -0.1) is 5.10 Å². The summed E-state index contributed by atoms with van der Waals surface area (Å²) in [4.78, 5) is 0. The maximum Gasteiger partial charge on any atom is 0.184 e. The number of benzene rings is 1. The highest BCUT2D eigenvalue weighted by atomic mass is 35.5. The summed E-state index contributed by atoms with van der Waals surface area (Å²) < 4.78 is 7.12. The Morgan fingerprint density at radius 2 is 2.33 bits per heavy atom. The molecule has 94 valence electrons. The zero-order chi connectivity index (χ0) is 12.5. The average molecular weight is 266 g/mol. The van der Waals surface area contributed by atoms with E-state index >= 15 is 0 Å². The van der Waals surface area contributed by atoms with Gasteiger partial charge in [0, 0.05) is 22.9 Å². The summed E-state index contributed by atoms with van der Waals surface area (Å²) in [5.74, 6) is 0.652. The van der Waals surface area contributed by atoms with E-state index in [9.17, 15) is 0 Å². The highest BCUT2D eigenvalue weighted by Crippen LogP contribution is 2.29. The minimum atomic E-state index is 0.171. The molecular formula is C11H12ClN5O. The van der Waals surface area contributed by atoms with Crippen molar-refractivity contribution >= 4 is 17.3 Å². The van der Waals surface area contributed by atoms with Gasteiger partial charge in [0.1, 0.15) is 0 Å². The first-order valence-corrected chi connectivity index (χ1v) is 6.04. The second kappa shape index (κ2) is 4.55. The Balaban J connectivity index is 2.03. The molecular weight excluding hydrogens is 254 g/mol. The molecule has 0 bridgehead atoms. The van der Waals surface area contributed by atoms with E-state index in [0.717, 1.165) is 18.6 Å². The molecule has 18 heavy (non-hydrogen) atoms. The van der Waals surface area contributed by atoms with Crippen molar-refractivity contribution in [1.82, 2.24) is 20.2 Å². The molecule has 0 saturated carbocycles. The van der Waals surface area contributed by atoms with Gasteiger partial charge in [0.25, 0.3) is 0 Å². The number of nitrogens with zero attached hydrogens (tertiary/aromatic N) is 4. The second-order valence-electron chi connectivity index (χ2n) is 4.20. The van der Waals surface area contributed by atoms with Crippen LogP contribution in [0.2, 0.25) is 5.02 Å². The van der Waals surface area contributed by atoms with E-state index in [1.54, 1.807) is 16.8 Å². The molecule has 0 spiro atoms. The Labute approximate surface area is 109 Å². The van der Waals surface area contributed by atoms with Crippen molar-refractivity contribution in [3.05, 3.63) is 23.2 Å². The Bertz CT molecular complexity index is 564. The summed E-state index contributed by atoms with van der Waals surface area (Å²) in [5, 5.41) is 12.4. The van der Waals surface area contributed by atoms with Gasteiger partial charge in [0.15, 0.2) is 5.82 Å². The zero-order valence-electron chi connectivity index (χ0n) is 9.58. The lowest BCUT2D eigenvalue weighted by Gasteiger charge is -2.11. The Morgan fingerprint density at radius 3 is 3.06 bits per heavy atom. The van der Waals surface area contributed by atoms with Crippen molar-refractivity contribution < 1.29 is 4.74 Å². The lowest BCUT2D eigenvalue weighted by atomic mass is 10.1. The van der Waals surface area contributed by atoms with E-state index < -0.39 is 0 Å². The number of rotatable bonds is 2. The molecule has 1 saturated heterocycles. The van der Waals surface area contributed by atoms with Crippen molar-refractivity contribution in [2.75, 3.05) is 18.9 Å². The first-order chi connectivity index (χ1) is 8.75. The molecule has 1 aromatic heterocycles. The SMILES string of the molecule is Nc1cc(Cl)ccc1-c1nnnn1C1CCOC1. The first kappa shape index (κ1) is 11.4. The van der Waals surface area contributed by atoms with E-state index in [1.807, 2.05) is 6.07 Å². The first-order valence-electron chi connectivity index (χ1n) is 5.66. The predicted molar refractivity (Wildman–Crippen MR) is 67.1 cm³/mol. The van der Waals surface area contributed by atoms with Crippen LogP contribution in [0.15, 0.2) is 18.2 Å².